The summed E-state index contributed by atoms with van der Waals surface area (Å²) in [5.41, 5.74) is 2.40. The van der Waals surface area contributed by atoms with E-state index in [-0.39, 0.29) is 11.9 Å². The number of hydrogen-bond acceptors (Lipinski definition) is 3. The number of fused-ring (bicyclic) bond motifs is 1. The number of nitrogens with zero attached hydrogens (tertiary/aromatic N) is 1. The number of methoxy groups -OCH3 is 1. The molecule has 0 aliphatic carbocycles. The number of amides is 1. The highest BCUT2D eigenvalue weighted by atomic mass is 16.5. The highest BCUT2D eigenvalue weighted by Gasteiger charge is 2.20. The van der Waals surface area contributed by atoms with Crippen LogP contribution in [0.5, 0.6) is 5.75 Å². The van der Waals surface area contributed by atoms with Crippen LogP contribution in [-0.2, 0) is 0 Å². The Morgan fingerprint density at radius 1 is 0.857 bits per heavy atom. The van der Waals surface area contributed by atoms with Crippen molar-refractivity contribution < 1.29 is 9.53 Å². The van der Waals surface area contributed by atoms with Crippen molar-refractivity contribution in [3.63, 3.8) is 0 Å². The maximum Gasteiger partial charge on any atom is 0.271 e. The van der Waals surface area contributed by atoms with Gasteiger partial charge in [0.15, 0.2) is 0 Å². The molecule has 4 nitrogen and oxygen atoms in total. The van der Waals surface area contributed by atoms with Crippen molar-refractivity contribution in [1.29, 1.82) is 0 Å². The van der Waals surface area contributed by atoms with Crippen molar-refractivity contribution in [2.75, 3.05) is 7.11 Å². The topological polar surface area (TPSA) is 51.2 Å². The van der Waals surface area contributed by atoms with E-state index in [1.54, 1.807) is 13.3 Å². The number of ether oxygens (including phenoxy) is 1. The standard InChI is InChI=1S/C24H20N2O2/c1-28-20-13-11-19(12-14-20)22(18-8-3-2-4-9-18)26-24(27)23-21-10-6-5-7-17(21)15-16-25-23/h2-16,22H,1H3,(H,26,27). The number of aromatic nitrogens is 1. The zero-order chi connectivity index (χ0) is 19.3. The number of carbonyl (C=O) groups is 1. The highest BCUT2D eigenvalue weighted by Crippen LogP contribution is 2.25. The van der Waals surface area contributed by atoms with E-state index in [1.807, 2.05) is 84.9 Å². The second-order valence-corrected chi connectivity index (χ2v) is 6.47. The van der Waals surface area contributed by atoms with Crippen LogP contribution in [-0.4, -0.2) is 18.0 Å². The second kappa shape index (κ2) is 7.92. The average molecular weight is 368 g/mol. The Morgan fingerprint density at radius 2 is 1.54 bits per heavy atom. The molecule has 28 heavy (non-hydrogen) atoms. The Kier molecular flexibility index (Phi) is 5.02. The third-order valence-corrected chi connectivity index (χ3v) is 4.75. The molecular weight excluding hydrogens is 348 g/mol. The van der Waals surface area contributed by atoms with Gasteiger partial charge in [-0.1, -0.05) is 66.7 Å². The van der Waals surface area contributed by atoms with Crippen LogP contribution in [0.4, 0.5) is 0 Å². The average Bonchev–Trinajstić information content (AvgIpc) is 2.77. The maximum atomic E-state index is 13.1. The largest absolute Gasteiger partial charge is 0.497 e. The van der Waals surface area contributed by atoms with Crippen LogP contribution in [0.1, 0.15) is 27.7 Å². The molecule has 1 N–H and O–H groups in total. The first-order valence-electron chi connectivity index (χ1n) is 9.10. The van der Waals surface area contributed by atoms with E-state index in [4.69, 9.17) is 4.74 Å². The molecule has 4 heteroatoms. The number of rotatable bonds is 5. The molecule has 0 saturated carbocycles. The Morgan fingerprint density at radius 3 is 2.29 bits per heavy atom. The Bertz CT molecular complexity index is 1090. The lowest BCUT2D eigenvalue weighted by Crippen LogP contribution is -2.30. The molecule has 1 unspecified atom stereocenters. The Balaban J connectivity index is 1.71. The SMILES string of the molecule is COc1ccc(C(NC(=O)c2nccc3ccccc23)c2ccccc2)cc1. The Labute approximate surface area is 163 Å². The second-order valence-electron chi connectivity index (χ2n) is 6.47. The van der Waals surface area contributed by atoms with E-state index in [2.05, 4.69) is 10.3 Å². The highest BCUT2D eigenvalue weighted by molar-refractivity contribution is 6.05. The van der Waals surface area contributed by atoms with Crippen LogP contribution in [0.3, 0.4) is 0 Å². The van der Waals surface area contributed by atoms with Crippen molar-refractivity contribution in [2.45, 2.75) is 6.04 Å². The van der Waals surface area contributed by atoms with Gasteiger partial charge in [-0.05, 0) is 34.7 Å². The molecule has 0 bridgehead atoms. The fraction of sp³-hybridized carbons (Fsp3) is 0.0833. The minimum Gasteiger partial charge on any atom is -0.497 e. The summed E-state index contributed by atoms with van der Waals surface area (Å²) in [6.45, 7) is 0. The van der Waals surface area contributed by atoms with E-state index in [0.29, 0.717) is 5.69 Å². The number of benzene rings is 3. The molecule has 1 amide bonds. The molecule has 1 aromatic heterocycles. The lowest BCUT2D eigenvalue weighted by Gasteiger charge is -2.20. The molecule has 0 aliphatic heterocycles. The summed E-state index contributed by atoms with van der Waals surface area (Å²) in [5.74, 6) is 0.569. The molecule has 0 fully saturated rings. The fourth-order valence-corrected chi connectivity index (χ4v) is 3.30. The summed E-state index contributed by atoms with van der Waals surface area (Å²) in [6.07, 6.45) is 1.67. The van der Waals surface area contributed by atoms with E-state index in [1.165, 1.54) is 0 Å². The Hall–Kier alpha value is -3.66. The van der Waals surface area contributed by atoms with Crippen LogP contribution in [0.15, 0.2) is 91.1 Å². The van der Waals surface area contributed by atoms with E-state index < -0.39 is 0 Å². The molecule has 0 aliphatic rings. The monoisotopic (exact) mass is 368 g/mol. The molecule has 4 aromatic rings. The summed E-state index contributed by atoms with van der Waals surface area (Å²) in [7, 11) is 1.64. The first kappa shape index (κ1) is 17.7. The van der Waals surface area contributed by atoms with E-state index in [9.17, 15) is 4.79 Å². The van der Waals surface area contributed by atoms with E-state index in [0.717, 1.165) is 27.6 Å². The predicted molar refractivity (Wildman–Crippen MR) is 110 cm³/mol. The van der Waals surface area contributed by atoms with Crippen LogP contribution in [0, 0.1) is 0 Å². The molecule has 3 aromatic carbocycles. The lowest BCUT2D eigenvalue weighted by atomic mass is 9.98. The van der Waals surface area contributed by atoms with Gasteiger partial charge in [0, 0.05) is 11.6 Å². The van der Waals surface area contributed by atoms with Crippen LogP contribution in [0.25, 0.3) is 10.8 Å². The van der Waals surface area contributed by atoms with Crippen molar-refractivity contribution in [3.8, 4) is 5.75 Å². The van der Waals surface area contributed by atoms with Gasteiger partial charge in [0.05, 0.1) is 13.2 Å². The van der Waals surface area contributed by atoms with Crippen LogP contribution < -0.4 is 10.1 Å². The number of hydrogen-bond donors (Lipinski definition) is 1. The minimum atomic E-state index is -0.291. The summed E-state index contributed by atoms with van der Waals surface area (Å²) in [6, 6.07) is 27.0. The van der Waals surface area contributed by atoms with Gasteiger partial charge in [0.2, 0.25) is 0 Å². The van der Waals surface area contributed by atoms with Gasteiger partial charge >= 0.3 is 0 Å². The maximum absolute atomic E-state index is 13.1. The smallest absolute Gasteiger partial charge is 0.271 e. The van der Waals surface area contributed by atoms with Crippen LogP contribution >= 0.6 is 0 Å². The predicted octanol–water partition coefficient (Wildman–Crippen LogP) is 4.76. The van der Waals surface area contributed by atoms with Gasteiger partial charge in [-0.2, -0.15) is 0 Å². The summed E-state index contributed by atoms with van der Waals surface area (Å²) >= 11 is 0. The normalized spacial score (nSPS) is 11.8. The molecule has 4 rings (SSSR count). The molecule has 0 spiro atoms. The fourth-order valence-electron chi connectivity index (χ4n) is 3.30. The van der Waals surface area contributed by atoms with Crippen molar-refractivity contribution in [1.82, 2.24) is 10.3 Å². The molecule has 138 valence electrons. The number of carbonyl (C=O) groups excluding carboxylic acids is 1. The summed E-state index contributed by atoms with van der Waals surface area (Å²) in [4.78, 5) is 17.5. The third kappa shape index (κ3) is 3.58. The minimum absolute atomic E-state index is 0.207. The summed E-state index contributed by atoms with van der Waals surface area (Å²) in [5, 5.41) is 4.98. The molecule has 0 saturated heterocycles. The zero-order valence-corrected chi connectivity index (χ0v) is 15.5. The molecular formula is C24H20N2O2. The van der Waals surface area contributed by atoms with Gasteiger partial charge in [0.1, 0.15) is 11.4 Å². The summed E-state index contributed by atoms with van der Waals surface area (Å²) < 4.78 is 5.26. The van der Waals surface area contributed by atoms with Gasteiger partial charge in [0.25, 0.3) is 5.91 Å². The van der Waals surface area contributed by atoms with Gasteiger partial charge in [-0.15, -0.1) is 0 Å². The van der Waals surface area contributed by atoms with Gasteiger partial charge in [-0.3, -0.25) is 9.78 Å². The third-order valence-electron chi connectivity index (χ3n) is 4.75. The van der Waals surface area contributed by atoms with Crippen molar-refractivity contribution in [2.24, 2.45) is 0 Å². The quantitative estimate of drug-likeness (QED) is 0.552. The van der Waals surface area contributed by atoms with E-state index >= 15 is 0 Å². The van der Waals surface area contributed by atoms with Crippen LogP contribution in [0.2, 0.25) is 0 Å². The molecule has 1 atom stereocenters. The molecule has 1 heterocycles. The first-order chi connectivity index (χ1) is 13.8. The lowest BCUT2D eigenvalue weighted by molar-refractivity contribution is 0.0940. The van der Waals surface area contributed by atoms with Crippen molar-refractivity contribution in [3.05, 3.63) is 108 Å². The number of pyridine rings is 1. The van der Waals surface area contributed by atoms with Gasteiger partial charge in [-0.25, -0.2) is 0 Å². The van der Waals surface area contributed by atoms with Gasteiger partial charge < -0.3 is 10.1 Å². The number of nitrogens with one attached hydrogen (secondary N) is 1. The first-order valence-corrected chi connectivity index (χ1v) is 9.10. The zero-order valence-electron chi connectivity index (χ0n) is 15.5. The van der Waals surface area contributed by atoms with Crippen molar-refractivity contribution >= 4 is 16.7 Å². The molecule has 0 radical (unpaired) electrons.